The Morgan fingerprint density at radius 1 is 0.294 bits per heavy atom. The lowest BCUT2D eigenvalue weighted by atomic mass is 9.31. The number of aromatic nitrogens is 3. The highest BCUT2D eigenvalue weighted by molar-refractivity contribution is 5.19. The van der Waals surface area contributed by atoms with Crippen LogP contribution in [-0.4, -0.2) is 15.0 Å². The van der Waals surface area contributed by atoms with E-state index in [4.69, 9.17) is 15.0 Å². The van der Waals surface area contributed by atoms with E-state index in [1.54, 1.807) is 0 Å². The van der Waals surface area contributed by atoms with Crippen LogP contribution in [0.1, 0.15) is 227 Å². The van der Waals surface area contributed by atoms with Crippen LogP contribution in [0.5, 0.6) is 0 Å². The van der Waals surface area contributed by atoms with Crippen molar-refractivity contribution < 1.29 is 0 Å². The van der Waals surface area contributed by atoms with Crippen molar-refractivity contribution in [3.63, 3.8) is 0 Å². The van der Waals surface area contributed by atoms with E-state index in [0.29, 0.717) is 43.3 Å². The Kier molecular flexibility index (Phi) is 12.1. The molecule has 3 heteroatoms. The first-order valence-electron chi connectivity index (χ1n) is 21.0. The van der Waals surface area contributed by atoms with E-state index in [1.165, 1.54) is 64.2 Å². The van der Waals surface area contributed by atoms with Gasteiger partial charge < -0.3 is 0 Å². The highest BCUT2D eigenvalue weighted by Gasteiger charge is 2.68. The summed E-state index contributed by atoms with van der Waals surface area (Å²) in [6.45, 7) is 50.1. The molecule has 4 aliphatic carbocycles. The van der Waals surface area contributed by atoms with E-state index in [9.17, 15) is 0 Å². The molecule has 1 aromatic heterocycles. The molecule has 5 rings (SSSR count). The Balaban J connectivity index is 0.000000295. The molecule has 4 aliphatic rings. The van der Waals surface area contributed by atoms with Crippen LogP contribution in [0.3, 0.4) is 0 Å². The van der Waals surface area contributed by atoms with Crippen LogP contribution in [0, 0.1) is 59.6 Å². The summed E-state index contributed by atoms with van der Waals surface area (Å²) in [6, 6.07) is 0. The van der Waals surface area contributed by atoms with Crippen molar-refractivity contribution in [2.75, 3.05) is 0 Å². The minimum atomic E-state index is 0.194. The van der Waals surface area contributed by atoms with Gasteiger partial charge in [-0.2, -0.15) is 0 Å². The molecule has 3 nitrogen and oxygen atoms in total. The summed E-state index contributed by atoms with van der Waals surface area (Å²) in [5.41, 5.74) is 4.62. The summed E-state index contributed by atoms with van der Waals surface area (Å²) in [4.78, 5) is 14.1. The van der Waals surface area contributed by atoms with Gasteiger partial charge in [-0.1, -0.05) is 145 Å². The molecule has 296 valence electrons. The molecular formula is C48H89N3. The SMILES string of the molecule is CC(C)(C)CC12CC3(CC(C)(C)C)CC(CC(C)(C)C)(C1)CC(CC(C)(C)C)(C2)C3.CC(C)(C)Cc1nc(CC(C)(C)C)nc(CC(C)(C)C)n1. The molecule has 1 aromatic rings. The average molecular weight is 708 g/mol. The first-order chi connectivity index (χ1) is 22.3. The summed E-state index contributed by atoms with van der Waals surface area (Å²) in [5.74, 6) is 2.82. The van der Waals surface area contributed by atoms with Crippen LogP contribution in [0.4, 0.5) is 0 Å². The van der Waals surface area contributed by atoms with E-state index in [0.717, 1.165) is 36.7 Å². The van der Waals surface area contributed by atoms with Crippen molar-refractivity contribution in [1.29, 1.82) is 0 Å². The lowest BCUT2D eigenvalue weighted by molar-refractivity contribution is -0.232. The zero-order valence-corrected chi connectivity index (χ0v) is 38.5. The summed E-state index contributed by atoms with van der Waals surface area (Å²) >= 11 is 0. The van der Waals surface area contributed by atoms with Crippen molar-refractivity contribution >= 4 is 0 Å². The maximum atomic E-state index is 4.71. The molecule has 1 heterocycles. The van der Waals surface area contributed by atoms with Gasteiger partial charge in [0.05, 0.1) is 0 Å². The van der Waals surface area contributed by atoms with Crippen LogP contribution < -0.4 is 0 Å². The normalized spacial score (nSPS) is 28.9. The maximum absolute atomic E-state index is 4.71. The van der Waals surface area contributed by atoms with Crippen LogP contribution in [0.2, 0.25) is 0 Å². The predicted molar refractivity (Wildman–Crippen MR) is 223 cm³/mol. The van der Waals surface area contributed by atoms with E-state index in [-0.39, 0.29) is 16.2 Å². The molecule has 0 N–H and O–H groups in total. The topological polar surface area (TPSA) is 38.7 Å². The monoisotopic (exact) mass is 708 g/mol. The second-order valence-electron chi connectivity index (χ2n) is 27.8. The Hall–Kier alpha value is -0.990. The molecule has 0 radical (unpaired) electrons. The summed E-state index contributed by atoms with van der Waals surface area (Å²) in [5, 5.41) is 0. The van der Waals surface area contributed by atoms with Crippen LogP contribution in [0.15, 0.2) is 0 Å². The van der Waals surface area contributed by atoms with Crippen LogP contribution in [-0.2, 0) is 19.3 Å². The van der Waals surface area contributed by atoms with E-state index in [2.05, 4.69) is 145 Å². The quantitative estimate of drug-likeness (QED) is 0.283. The van der Waals surface area contributed by atoms with Gasteiger partial charge >= 0.3 is 0 Å². The largest absolute Gasteiger partial charge is 0.218 e. The second kappa shape index (κ2) is 13.9. The lowest BCUT2D eigenvalue weighted by Gasteiger charge is -2.74. The fourth-order valence-electron chi connectivity index (χ4n) is 13.0. The minimum Gasteiger partial charge on any atom is -0.218 e. The molecule has 4 saturated carbocycles. The number of nitrogens with zero attached hydrogens (tertiary/aromatic N) is 3. The first kappa shape index (κ1) is 44.4. The van der Waals surface area contributed by atoms with Gasteiger partial charge in [0, 0.05) is 19.3 Å². The standard InChI is InChI=1S/C30H56.C18H33N3/c1-23(2,3)13-27-17-28(14-24(4,5)6)20-29(18-27,15-25(7,8)9)22-30(19-27,21-28)16-26(10,11)12;1-16(2,3)10-13-19-14(11-17(4,5)6)21-15(20-13)12-18(7,8)9/h13-22H2,1-12H3;10-12H2,1-9H3. The van der Waals surface area contributed by atoms with Crippen molar-refractivity contribution in [3.05, 3.63) is 17.5 Å². The molecule has 4 bridgehead atoms. The third-order valence-corrected chi connectivity index (χ3v) is 11.0. The van der Waals surface area contributed by atoms with Crippen molar-refractivity contribution in [2.24, 2.45) is 59.6 Å². The molecule has 0 unspecified atom stereocenters. The molecule has 51 heavy (non-hydrogen) atoms. The van der Waals surface area contributed by atoms with Gasteiger partial charge in [-0.15, -0.1) is 0 Å². The predicted octanol–water partition coefficient (Wildman–Crippen LogP) is 14.7. The van der Waals surface area contributed by atoms with Gasteiger partial charge in [0.1, 0.15) is 17.5 Å². The Bertz CT molecular complexity index is 1080. The van der Waals surface area contributed by atoms with E-state index >= 15 is 0 Å². The van der Waals surface area contributed by atoms with Gasteiger partial charge in [-0.25, -0.2) is 15.0 Å². The van der Waals surface area contributed by atoms with Gasteiger partial charge in [0.25, 0.3) is 0 Å². The highest BCUT2D eigenvalue weighted by atomic mass is 15.0. The molecule has 0 atom stereocenters. The van der Waals surface area contributed by atoms with Crippen molar-refractivity contribution in [3.8, 4) is 0 Å². The van der Waals surface area contributed by atoms with Gasteiger partial charge in [-0.3, -0.25) is 0 Å². The van der Waals surface area contributed by atoms with E-state index < -0.39 is 0 Å². The number of hydrogen-bond acceptors (Lipinski definition) is 3. The Morgan fingerprint density at radius 2 is 0.451 bits per heavy atom. The zero-order valence-electron chi connectivity index (χ0n) is 38.5. The number of hydrogen-bond donors (Lipinski definition) is 0. The minimum absolute atomic E-state index is 0.194. The summed E-state index contributed by atoms with van der Waals surface area (Å²) in [6.07, 6.45) is 17.5. The van der Waals surface area contributed by atoms with Crippen LogP contribution in [0.25, 0.3) is 0 Å². The first-order valence-corrected chi connectivity index (χ1v) is 21.0. The lowest BCUT2D eigenvalue weighted by Crippen LogP contribution is -2.63. The maximum Gasteiger partial charge on any atom is 0.133 e. The molecule has 0 aliphatic heterocycles. The smallest absolute Gasteiger partial charge is 0.133 e. The average Bonchev–Trinajstić information content (AvgIpc) is 2.67. The van der Waals surface area contributed by atoms with Gasteiger partial charge in [0.15, 0.2) is 0 Å². The second-order valence-corrected chi connectivity index (χ2v) is 27.8. The number of rotatable bonds is 7. The summed E-state index contributed by atoms with van der Waals surface area (Å²) < 4.78 is 0. The summed E-state index contributed by atoms with van der Waals surface area (Å²) in [7, 11) is 0. The third-order valence-electron chi connectivity index (χ3n) is 11.0. The molecule has 0 amide bonds. The fraction of sp³-hybridized carbons (Fsp3) is 0.938. The molecule has 0 saturated heterocycles. The fourth-order valence-corrected chi connectivity index (χ4v) is 13.0. The zero-order chi connectivity index (χ0) is 39.5. The van der Waals surface area contributed by atoms with Crippen LogP contribution >= 0.6 is 0 Å². The van der Waals surface area contributed by atoms with Gasteiger partial charge in [0.2, 0.25) is 0 Å². The van der Waals surface area contributed by atoms with Gasteiger partial charge in [-0.05, 0) is 124 Å². The van der Waals surface area contributed by atoms with E-state index in [1.807, 2.05) is 0 Å². The highest BCUT2D eigenvalue weighted by Crippen LogP contribution is 2.79. The van der Waals surface area contributed by atoms with Crippen molar-refractivity contribution in [1.82, 2.24) is 15.0 Å². The molecule has 0 aromatic carbocycles. The molecule has 0 spiro atoms. The third kappa shape index (κ3) is 14.6. The van der Waals surface area contributed by atoms with Crippen molar-refractivity contribution in [2.45, 2.75) is 229 Å². The molecular weight excluding hydrogens is 619 g/mol. The molecule has 4 fully saturated rings. The Labute approximate surface area is 320 Å². The Morgan fingerprint density at radius 3 is 0.569 bits per heavy atom.